The molecule has 3 rings (SSSR count). The summed E-state index contributed by atoms with van der Waals surface area (Å²) >= 11 is 5.71. The molecule has 3 nitrogen and oxygen atoms in total. The summed E-state index contributed by atoms with van der Waals surface area (Å²) < 4.78 is 0. The number of nitrogens with one attached hydrogen (secondary N) is 1. The van der Waals surface area contributed by atoms with Crippen molar-refractivity contribution in [1.29, 1.82) is 0 Å². The van der Waals surface area contributed by atoms with Crippen LogP contribution in [-0.4, -0.2) is 33.8 Å². The van der Waals surface area contributed by atoms with Gasteiger partial charge in [-0.05, 0) is 17.9 Å². The SMILES string of the molecule is CCCNc1nc(C2CSCCS2)nc2sccc12. The fourth-order valence-corrected chi connectivity index (χ4v) is 5.40. The maximum absolute atomic E-state index is 4.78. The van der Waals surface area contributed by atoms with Gasteiger partial charge in [-0.2, -0.15) is 11.8 Å². The third kappa shape index (κ3) is 3.01. The first-order valence-electron chi connectivity index (χ1n) is 6.57. The molecule has 102 valence electrons. The monoisotopic (exact) mass is 311 g/mol. The molecule has 0 saturated carbocycles. The van der Waals surface area contributed by atoms with Gasteiger partial charge in [-0.1, -0.05) is 6.92 Å². The highest BCUT2D eigenvalue weighted by Crippen LogP contribution is 2.37. The van der Waals surface area contributed by atoms with Gasteiger partial charge in [0.2, 0.25) is 0 Å². The average Bonchev–Trinajstić information content (AvgIpc) is 2.94. The maximum atomic E-state index is 4.78. The van der Waals surface area contributed by atoms with Crippen LogP contribution in [0.1, 0.15) is 24.4 Å². The summed E-state index contributed by atoms with van der Waals surface area (Å²) in [6.45, 7) is 3.14. The first-order chi connectivity index (χ1) is 9.38. The highest BCUT2D eigenvalue weighted by Gasteiger charge is 2.21. The topological polar surface area (TPSA) is 37.8 Å². The van der Waals surface area contributed by atoms with E-state index in [1.54, 1.807) is 11.3 Å². The van der Waals surface area contributed by atoms with Crippen LogP contribution in [0.3, 0.4) is 0 Å². The Balaban J connectivity index is 1.95. The van der Waals surface area contributed by atoms with Gasteiger partial charge < -0.3 is 5.32 Å². The first kappa shape index (κ1) is 13.5. The van der Waals surface area contributed by atoms with Crippen LogP contribution in [0.4, 0.5) is 5.82 Å². The minimum Gasteiger partial charge on any atom is -0.369 e. The van der Waals surface area contributed by atoms with Crippen LogP contribution in [0.5, 0.6) is 0 Å². The average molecular weight is 312 g/mol. The van der Waals surface area contributed by atoms with E-state index in [2.05, 4.69) is 23.7 Å². The van der Waals surface area contributed by atoms with Crippen molar-refractivity contribution < 1.29 is 0 Å². The Morgan fingerprint density at radius 2 is 2.32 bits per heavy atom. The fourth-order valence-electron chi connectivity index (χ4n) is 2.03. The number of fused-ring (bicyclic) bond motifs is 1. The number of thiophene rings is 1. The summed E-state index contributed by atoms with van der Waals surface area (Å²) in [5.41, 5.74) is 0. The zero-order valence-corrected chi connectivity index (χ0v) is 13.3. The van der Waals surface area contributed by atoms with Crippen molar-refractivity contribution in [3.05, 3.63) is 17.3 Å². The molecule has 0 spiro atoms. The van der Waals surface area contributed by atoms with Crippen molar-refractivity contribution in [2.75, 3.05) is 29.1 Å². The Morgan fingerprint density at radius 3 is 3.11 bits per heavy atom. The predicted octanol–water partition coefficient (Wildman–Crippen LogP) is 4.03. The van der Waals surface area contributed by atoms with Crippen molar-refractivity contribution in [1.82, 2.24) is 9.97 Å². The molecule has 1 N–H and O–H groups in total. The number of anilines is 1. The van der Waals surface area contributed by atoms with Gasteiger partial charge in [0, 0.05) is 23.8 Å². The summed E-state index contributed by atoms with van der Waals surface area (Å²) in [7, 11) is 0. The molecule has 1 aliphatic heterocycles. The van der Waals surface area contributed by atoms with Crippen molar-refractivity contribution in [3.8, 4) is 0 Å². The molecule has 0 bridgehead atoms. The third-order valence-corrected chi connectivity index (χ3v) is 6.55. The molecule has 3 heterocycles. The van der Waals surface area contributed by atoms with Gasteiger partial charge in [0.15, 0.2) is 0 Å². The number of hydrogen-bond acceptors (Lipinski definition) is 6. The van der Waals surface area contributed by atoms with Crippen LogP contribution in [0.15, 0.2) is 11.4 Å². The molecule has 0 aliphatic carbocycles. The molecule has 1 aliphatic rings. The molecule has 2 aromatic rings. The lowest BCUT2D eigenvalue weighted by Crippen LogP contribution is -2.12. The van der Waals surface area contributed by atoms with Gasteiger partial charge in [-0.25, -0.2) is 9.97 Å². The predicted molar refractivity (Wildman–Crippen MR) is 88.7 cm³/mol. The fraction of sp³-hybridized carbons (Fsp3) is 0.538. The van der Waals surface area contributed by atoms with Crippen LogP contribution < -0.4 is 5.32 Å². The summed E-state index contributed by atoms with van der Waals surface area (Å²) in [4.78, 5) is 10.7. The lowest BCUT2D eigenvalue weighted by Gasteiger charge is -2.20. The highest BCUT2D eigenvalue weighted by molar-refractivity contribution is 8.06. The van der Waals surface area contributed by atoms with Crippen molar-refractivity contribution in [2.45, 2.75) is 18.6 Å². The molecule has 2 aromatic heterocycles. The third-order valence-electron chi connectivity index (χ3n) is 2.99. The minimum absolute atomic E-state index is 0.451. The molecular formula is C13H17N3S3. The quantitative estimate of drug-likeness (QED) is 0.922. The Morgan fingerprint density at radius 1 is 1.37 bits per heavy atom. The summed E-state index contributed by atoms with van der Waals surface area (Å²) in [5, 5.41) is 7.16. The number of rotatable bonds is 4. The van der Waals surface area contributed by atoms with Crippen LogP contribution in [-0.2, 0) is 0 Å². The van der Waals surface area contributed by atoms with Crippen LogP contribution in [0, 0.1) is 0 Å². The van der Waals surface area contributed by atoms with E-state index in [9.17, 15) is 0 Å². The van der Waals surface area contributed by atoms with E-state index in [0.29, 0.717) is 5.25 Å². The van der Waals surface area contributed by atoms with Crippen molar-refractivity contribution in [3.63, 3.8) is 0 Å². The Bertz CT molecular complexity index is 549. The zero-order valence-electron chi connectivity index (χ0n) is 10.9. The largest absolute Gasteiger partial charge is 0.369 e. The van der Waals surface area contributed by atoms with Gasteiger partial charge in [0.05, 0.1) is 10.6 Å². The summed E-state index contributed by atoms with van der Waals surface area (Å²) in [6, 6.07) is 2.12. The number of aromatic nitrogens is 2. The van der Waals surface area contributed by atoms with Gasteiger partial charge >= 0.3 is 0 Å². The van der Waals surface area contributed by atoms with E-state index in [1.807, 2.05) is 23.5 Å². The Hall–Kier alpha value is -0.460. The van der Waals surface area contributed by atoms with Crippen LogP contribution in [0.25, 0.3) is 10.2 Å². The Labute approximate surface area is 126 Å². The second kappa shape index (κ2) is 6.33. The van der Waals surface area contributed by atoms with Gasteiger partial charge in [0.1, 0.15) is 16.5 Å². The molecule has 1 fully saturated rings. The Kier molecular flexibility index (Phi) is 4.50. The van der Waals surface area contributed by atoms with E-state index >= 15 is 0 Å². The van der Waals surface area contributed by atoms with Crippen LogP contribution in [0.2, 0.25) is 0 Å². The standard InChI is InChI=1S/C13H17N3S3/c1-2-4-14-11-9-3-5-19-13(9)16-12(15-11)10-8-17-6-7-18-10/h3,5,10H,2,4,6-8H2,1H3,(H,14,15,16). The second-order valence-electron chi connectivity index (χ2n) is 4.43. The molecule has 0 aromatic carbocycles. The molecule has 1 saturated heterocycles. The molecule has 6 heteroatoms. The number of nitrogens with zero attached hydrogens (tertiary/aromatic N) is 2. The molecule has 0 amide bonds. The number of thioether (sulfide) groups is 2. The van der Waals surface area contributed by atoms with E-state index < -0.39 is 0 Å². The maximum Gasteiger partial charge on any atom is 0.146 e. The molecule has 1 atom stereocenters. The molecule has 19 heavy (non-hydrogen) atoms. The van der Waals surface area contributed by atoms with Crippen molar-refractivity contribution >= 4 is 50.9 Å². The lowest BCUT2D eigenvalue weighted by molar-refractivity contribution is 0.925. The lowest BCUT2D eigenvalue weighted by atomic mass is 10.3. The first-order valence-corrected chi connectivity index (χ1v) is 9.65. The van der Waals surface area contributed by atoms with Crippen LogP contribution >= 0.6 is 34.9 Å². The zero-order chi connectivity index (χ0) is 13.1. The number of hydrogen-bond donors (Lipinski definition) is 1. The summed E-state index contributed by atoms with van der Waals surface area (Å²) in [6.07, 6.45) is 1.11. The smallest absolute Gasteiger partial charge is 0.146 e. The van der Waals surface area contributed by atoms with E-state index in [1.165, 1.54) is 11.5 Å². The highest BCUT2D eigenvalue weighted by atomic mass is 32.2. The second-order valence-corrected chi connectivity index (χ2v) is 7.79. The van der Waals surface area contributed by atoms with Gasteiger partial charge in [-0.15, -0.1) is 23.1 Å². The molecule has 1 unspecified atom stereocenters. The van der Waals surface area contributed by atoms with Gasteiger partial charge in [-0.3, -0.25) is 0 Å². The molecular weight excluding hydrogens is 294 g/mol. The van der Waals surface area contributed by atoms with E-state index in [0.717, 1.165) is 40.6 Å². The van der Waals surface area contributed by atoms with Crippen molar-refractivity contribution in [2.24, 2.45) is 0 Å². The van der Waals surface area contributed by atoms with E-state index in [4.69, 9.17) is 9.97 Å². The molecule has 0 radical (unpaired) electrons. The summed E-state index contributed by atoms with van der Waals surface area (Å²) in [5.74, 6) is 5.61. The normalized spacial score (nSPS) is 19.7. The minimum atomic E-state index is 0.451. The van der Waals surface area contributed by atoms with E-state index in [-0.39, 0.29) is 0 Å². The van der Waals surface area contributed by atoms with Gasteiger partial charge in [0.25, 0.3) is 0 Å².